The van der Waals surface area contributed by atoms with E-state index >= 15 is 0 Å². The highest BCUT2D eigenvalue weighted by Gasteiger charge is 2.31. The van der Waals surface area contributed by atoms with Crippen LogP contribution in [-0.2, 0) is 10.9 Å². The number of nitrogens with zero attached hydrogens (tertiary/aromatic N) is 5. The van der Waals surface area contributed by atoms with Gasteiger partial charge in [-0.25, -0.2) is 15.0 Å². The number of hydrogen-bond donors (Lipinski definition) is 2. The number of carbonyl (C=O) groups excluding carboxylic acids is 1. The molecule has 1 amide bonds. The Morgan fingerprint density at radius 1 is 1.17 bits per heavy atom. The lowest BCUT2D eigenvalue weighted by Gasteiger charge is -2.27. The number of benzene rings is 1. The third-order valence-corrected chi connectivity index (χ3v) is 5.57. The molecule has 1 aliphatic heterocycles. The van der Waals surface area contributed by atoms with E-state index in [0.717, 1.165) is 12.1 Å². The number of nitrogens with one attached hydrogen (secondary N) is 2. The molecule has 0 unspecified atom stereocenters. The molecule has 0 spiro atoms. The summed E-state index contributed by atoms with van der Waals surface area (Å²) in [5, 5.41) is 6.74. The Morgan fingerprint density at radius 3 is 2.74 bits per heavy atom. The average Bonchev–Trinajstić information content (AvgIpc) is 3.51. The highest BCUT2D eigenvalue weighted by atomic mass is 19.4. The number of imidazole rings is 1. The van der Waals surface area contributed by atoms with Crippen molar-refractivity contribution in [2.45, 2.75) is 19.1 Å². The van der Waals surface area contributed by atoms with E-state index < -0.39 is 23.7 Å². The number of amides is 1. The van der Waals surface area contributed by atoms with Gasteiger partial charge in [-0.1, -0.05) is 5.16 Å². The van der Waals surface area contributed by atoms with E-state index in [9.17, 15) is 18.0 Å². The molecular formula is C22H20F3N7O3. The molecule has 1 fully saturated rings. The minimum Gasteiger partial charge on any atom is -0.378 e. The van der Waals surface area contributed by atoms with Crippen LogP contribution in [-0.4, -0.2) is 57.3 Å². The molecule has 1 atom stereocenters. The maximum Gasteiger partial charge on any atom is 0.416 e. The number of anilines is 1. The summed E-state index contributed by atoms with van der Waals surface area (Å²) in [6, 6.07) is 5.86. The molecule has 5 rings (SSSR count). The standard InChI is InChI=1S/C22H20F3N7O3/c1-12(28-21(33)17-10-19(27-11-26-17)32-4-6-34-7-5-32)18-9-16(31-35-18)20-29-14-3-2-13(22(23,24)25)8-15(14)30-20/h2-3,8-12H,4-7H2,1H3,(H,28,33)(H,29,30)/t12-/m0/s1. The monoisotopic (exact) mass is 487 g/mol. The molecule has 10 nitrogen and oxygen atoms in total. The molecule has 35 heavy (non-hydrogen) atoms. The van der Waals surface area contributed by atoms with Gasteiger partial charge in [-0.2, -0.15) is 13.2 Å². The predicted octanol–water partition coefficient (Wildman–Crippen LogP) is 3.35. The first kappa shape index (κ1) is 22.8. The van der Waals surface area contributed by atoms with Gasteiger partial charge >= 0.3 is 6.18 Å². The van der Waals surface area contributed by atoms with Crippen molar-refractivity contribution in [2.24, 2.45) is 0 Å². The molecule has 2 N–H and O–H groups in total. The summed E-state index contributed by atoms with van der Waals surface area (Å²) in [7, 11) is 0. The molecule has 182 valence electrons. The Labute approximate surface area is 196 Å². The van der Waals surface area contributed by atoms with Crippen molar-refractivity contribution in [1.82, 2.24) is 30.4 Å². The Balaban J connectivity index is 1.29. The molecule has 0 aliphatic carbocycles. The van der Waals surface area contributed by atoms with Gasteiger partial charge in [0.1, 0.15) is 23.5 Å². The first-order chi connectivity index (χ1) is 16.8. The van der Waals surface area contributed by atoms with Gasteiger partial charge in [-0.3, -0.25) is 4.79 Å². The molecule has 3 aromatic heterocycles. The maximum atomic E-state index is 13.0. The first-order valence-electron chi connectivity index (χ1n) is 10.8. The van der Waals surface area contributed by atoms with Crippen LogP contribution in [0.4, 0.5) is 19.0 Å². The van der Waals surface area contributed by atoms with E-state index in [0.29, 0.717) is 49.1 Å². The SMILES string of the molecule is C[C@H](NC(=O)c1cc(N2CCOCC2)ncn1)c1cc(-c2nc3ccc(C(F)(F)F)cc3[nH]2)no1. The number of ether oxygens (including phenoxy) is 1. The van der Waals surface area contributed by atoms with Crippen molar-refractivity contribution in [1.29, 1.82) is 0 Å². The molecular weight excluding hydrogens is 467 g/mol. The van der Waals surface area contributed by atoms with Crippen LogP contribution in [0.15, 0.2) is 41.2 Å². The summed E-state index contributed by atoms with van der Waals surface area (Å²) < 4.78 is 49.6. The minimum atomic E-state index is -4.46. The fourth-order valence-corrected chi connectivity index (χ4v) is 3.69. The molecule has 13 heteroatoms. The second kappa shape index (κ2) is 8.98. The van der Waals surface area contributed by atoms with Gasteiger partial charge in [0.2, 0.25) is 0 Å². The lowest BCUT2D eigenvalue weighted by Crippen LogP contribution is -2.37. The number of carbonyl (C=O) groups is 1. The number of halogens is 3. The van der Waals surface area contributed by atoms with E-state index in [1.165, 1.54) is 12.4 Å². The van der Waals surface area contributed by atoms with Crippen LogP contribution in [0, 0.1) is 0 Å². The van der Waals surface area contributed by atoms with Crippen LogP contribution in [0.2, 0.25) is 0 Å². The molecule has 1 saturated heterocycles. The summed E-state index contributed by atoms with van der Waals surface area (Å²) in [5.74, 6) is 0.809. The number of alkyl halides is 3. The first-order valence-corrected chi connectivity index (χ1v) is 10.8. The maximum absolute atomic E-state index is 13.0. The Morgan fingerprint density at radius 2 is 1.97 bits per heavy atom. The minimum absolute atomic E-state index is 0.200. The largest absolute Gasteiger partial charge is 0.416 e. The molecule has 4 heterocycles. The van der Waals surface area contributed by atoms with Crippen LogP contribution in [0.5, 0.6) is 0 Å². The predicted molar refractivity (Wildman–Crippen MR) is 118 cm³/mol. The molecule has 1 aromatic carbocycles. The number of morpholine rings is 1. The van der Waals surface area contributed by atoms with E-state index in [-0.39, 0.29) is 17.0 Å². The molecule has 0 saturated carbocycles. The third-order valence-electron chi connectivity index (χ3n) is 5.57. The lowest BCUT2D eigenvalue weighted by atomic mass is 10.2. The number of rotatable bonds is 5. The Bertz CT molecular complexity index is 1360. The van der Waals surface area contributed by atoms with Gasteiger partial charge in [-0.15, -0.1) is 0 Å². The van der Waals surface area contributed by atoms with Crippen molar-refractivity contribution in [2.75, 3.05) is 31.2 Å². The lowest BCUT2D eigenvalue weighted by molar-refractivity contribution is -0.137. The van der Waals surface area contributed by atoms with Crippen LogP contribution in [0.3, 0.4) is 0 Å². The topological polar surface area (TPSA) is 122 Å². The van der Waals surface area contributed by atoms with Crippen molar-refractivity contribution in [3.63, 3.8) is 0 Å². The van der Waals surface area contributed by atoms with Crippen molar-refractivity contribution < 1.29 is 27.2 Å². The van der Waals surface area contributed by atoms with Crippen molar-refractivity contribution in [3.8, 4) is 11.5 Å². The number of hydrogen-bond acceptors (Lipinski definition) is 8. The molecule has 1 aliphatic rings. The number of aromatic amines is 1. The second-order valence-electron chi connectivity index (χ2n) is 7.99. The smallest absolute Gasteiger partial charge is 0.378 e. The zero-order chi connectivity index (χ0) is 24.6. The molecule has 0 radical (unpaired) electrons. The van der Waals surface area contributed by atoms with Gasteiger partial charge < -0.3 is 24.5 Å². The van der Waals surface area contributed by atoms with Gasteiger partial charge in [0.05, 0.1) is 35.9 Å². The zero-order valence-corrected chi connectivity index (χ0v) is 18.5. The van der Waals surface area contributed by atoms with Crippen LogP contribution < -0.4 is 10.2 Å². The van der Waals surface area contributed by atoms with E-state index in [4.69, 9.17) is 9.26 Å². The van der Waals surface area contributed by atoms with Crippen LogP contribution in [0.25, 0.3) is 22.6 Å². The summed E-state index contributed by atoms with van der Waals surface area (Å²) in [6.07, 6.45) is -3.12. The van der Waals surface area contributed by atoms with Gasteiger partial charge in [-0.05, 0) is 25.1 Å². The van der Waals surface area contributed by atoms with E-state index in [2.05, 4.69) is 30.4 Å². The Kier molecular flexibility index (Phi) is 5.84. The van der Waals surface area contributed by atoms with E-state index in [1.807, 2.05) is 4.90 Å². The number of fused-ring (bicyclic) bond motifs is 1. The van der Waals surface area contributed by atoms with E-state index in [1.54, 1.807) is 19.1 Å². The summed E-state index contributed by atoms with van der Waals surface area (Å²) in [5.41, 5.74) is 0.298. The van der Waals surface area contributed by atoms with Crippen LogP contribution >= 0.6 is 0 Å². The average molecular weight is 487 g/mol. The fourth-order valence-electron chi connectivity index (χ4n) is 3.69. The van der Waals surface area contributed by atoms with Gasteiger partial charge in [0.15, 0.2) is 11.6 Å². The van der Waals surface area contributed by atoms with Gasteiger partial charge in [0, 0.05) is 25.2 Å². The highest BCUT2D eigenvalue weighted by Crippen LogP contribution is 2.32. The fraction of sp³-hybridized carbons (Fsp3) is 0.318. The summed E-state index contributed by atoms with van der Waals surface area (Å²) in [6.45, 7) is 4.24. The number of H-pyrrole nitrogens is 1. The highest BCUT2D eigenvalue weighted by molar-refractivity contribution is 5.93. The molecule has 0 bridgehead atoms. The summed E-state index contributed by atoms with van der Waals surface area (Å²) >= 11 is 0. The Hall–Kier alpha value is -4.00. The van der Waals surface area contributed by atoms with Crippen molar-refractivity contribution >= 4 is 22.8 Å². The quantitative estimate of drug-likeness (QED) is 0.440. The van der Waals surface area contributed by atoms with Gasteiger partial charge in [0.25, 0.3) is 5.91 Å². The van der Waals surface area contributed by atoms with Crippen LogP contribution in [0.1, 0.15) is 34.8 Å². The second-order valence-corrected chi connectivity index (χ2v) is 7.99. The number of aromatic nitrogens is 5. The summed E-state index contributed by atoms with van der Waals surface area (Å²) in [4.78, 5) is 30.2. The van der Waals surface area contributed by atoms with Crippen molar-refractivity contribution in [3.05, 3.63) is 53.7 Å². The zero-order valence-electron chi connectivity index (χ0n) is 18.5. The molecule has 4 aromatic rings. The third kappa shape index (κ3) is 4.80. The normalized spacial score (nSPS) is 15.4.